The molecule has 0 aromatic carbocycles. The van der Waals surface area contributed by atoms with Crippen molar-refractivity contribution in [3.63, 3.8) is 0 Å². The molecule has 1 heterocycles. The molecule has 0 amide bonds. The van der Waals surface area contributed by atoms with E-state index in [-0.39, 0.29) is 11.3 Å². The van der Waals surface area contributed by atoms with Crippen molar-refractivity contribution in [1.29, 1.82) is 0 Å². The highest BCUT2D eigenvalue weighted by Gasteiger charge is 2.19. The van der Waals surface area contributed by atoms with E-state index in [1.54, 1.807) is 4.68 Å². The summed E-state index contributed by atoms with van der Waals surface area (Å²) < 4.78 is 12.0. The summed E-state index contributed by atoms with van der Waals surface area (Å²) in [7, 11) is 1.34. The van der Waals surface area contributed by atoms with Crippen LogP contribution in [0.15, 0.2) is 0 Å². The molecule has 1 rings (SSSR count). The fourth-order valence-corrected chi connectivity index (χ4v) is 1.56. The SMILES string of the molecule is CCc1c(C(=O)OC)nnn1CCOC(C)(C)C. The number of aromatic nitrogens is 3. The molecular weight excluding hydrogens is 234 g/mol. The Morgan fingerprint density at radius 1 is 1.39 bits per heavy atom. The van der Waals surface area contributed by atoms with E-state index in [0.29, 0.717) is 19.6 Å². The third-order valence-corrected chi connectivity index (χ3v) is 2.39. The molecule has 0 saturated carbocycles. The first-order valence-corrected chi connectivity index (χ1v) is 6.03. The third-order valence-electron chi connectivity index (χ3n) is 2.39. The minimum absolute atomic E-state index is 0.182. The molecule has 0 aliphatic rings. The van der Waals surface area contributed by atoms with Gasteiger partial charge in [-0.25, -0.2) is 9.48 Å². The van der Waals surface area contributed by atoms with Crippen molar-refractivity contribution in [1.82, 2.24) is 15.0 Å². The van der Waals surface area contributed by atoms with E-state index in [9.17, 15) is 4.79 Å². The summed E-state index contributed by atoms with van der Waals surface area (Å²) in [4.78, 5) is 11.5. The molecule has 0 spiro atoms. The van der Waals surface area contributed by atoms with Gasteiger partial charge in [0.15, 0.2) is 5.69 Å². The summed E-state index contributed by atoms with van der Waals surface area (Å²) >= 11 is 0. The first kappa shape index (κ1) is 14.6. The zero-order valence-electron chi connectivity index (χ0n) is 11.7. The molecular formula is C12H21N3O3. The Bertz CT molecular complexity index is 407. The summed E-state index contributed by atoms with van der Waals surface area (Å²) in [6.07, 6.45) is 0.674. The van der Waals surface area contributed by atoms with E-state index in [4.69, 9.17) is 4.74 Å². The van der Waals surface area contributed by atoms with Gasteiger partial charge in [-0.15, -0.1) is 5.10 Å². The molecule has 0 aliphatic carbocycles. The predicted molar refractivity (Wildman–Crippen MR) is 66.4 cm³/mol. The molecule has 0 aliphatic heterocycles. The van der Waals surface area contributed by atoms with Crippen molar-refractivity contribution in [3.05, 3.63) is 11.4 Å². The molecule has 0 atom stereocenters. The first-order chi connectivity index (χ1) is 8.39. The van der Waals surface area contributed by atoms with Gasteiger partial charge in [0.2, 0.25) is 0 Å². The molecule has 0 N–H and O–H groups in total. The molecule has 6 heteroatoms. The number of hydrogen-bond acceptors (Lipinski definition) is 5. The molecule has 1 aromatic heterocycles. The van der Waals surface area contributed by atoms with Crippen LogP contribution in [-0.4, -0.2) is 40.3 Å². The van der Waals surface area contributed by atoms with Gasteiger partial charge in [-0.3, -0.25) is 0 Å². The van der Waals surface area contributed by atoms with E-state index in [2.05, 4.69) is 15.0 Å². The minimum Gasteiger partial charge on any atom is -0.464 e. The Hall–Kier alpha value is -1.43. The van der Waals surface area contributed by atoms with Crippen LogP contribution < -0.4 is 0 Å². The predicted octanol–water partition coefficient (Wildman–Crippen LogP) is 1.44. The molecule has 0 bridgehead atoms. The maximum absolute atomic E-state index is 11.5. The Morgan fingerprint density at radius 3 is 2.56 bits per heavy atom. The topological polar surface area (TPSA) is 66.2 Å². The number of carbonyl (C=O) groups excluding carboxylic acids is 1. The average Bonchev–Trinajstić information content (AvgIpc) is 2.69. The van der Waals surface area contributed by atoms with Crippen LogP contribution in [0.3, 0.4) is 0 Å². The summed E-state index contributed by atoms with van der Waals surface area (Å²) in [6.45, 7) is 9.04. The molecule has 18 heavy (non-hydrogen) atoms. The van der Waals surface area contributed by atoms with Gasteiger partial charge in [0.05, 0.1) is 31.6 Å². The smallest absolute Gasteiger partial charge is 0.360 e. The van der Waals surface area contributed by atoms with Crippen molar-refractivity contribution in [2.75, 3.05) is 13.7 Å². The van der Waals surface area contributed by atoms with E-state index in [0.717, 1.165) is 5.69 Å². The molecule has 0 unspecified atom stereocenters. The van der Waals surface area contributed by atoms with Gasteiger partial charge < -0.3 is 9.47 Å². The second-order valence-electron chi connectivity index (χ2n) is 4.91. The maximum atomic E-state index is 11.5. The van der Waals surface area contributed by atoms with Gasteiger partial charge in [0.25, 0.3) is 0 Å². The van der Waals surface area contributed by atoms with Gasteiger partial charge in [-0.1, -0.05) is 12.1 Å². The summed E-state index contributed by atoms with van der Waals surface area (Å²) in [5, 5.41) is 7.82. The van der Waals surface area contributed by atoms with Gasteiger partial charge >= 0.3 is 5.97 Å². The van der Waals surface area contributed by atoms with Gasteiger partial charge in [-0.05, 0) is 27.2 Å². The van der Waals surface area contributed by atoms with Crippen molar-refractivity contribution in [2.45, 2.75) is 46.3 Å². The number of nitrogens with zero attached hydrogens (tertiary/aromatic N) is 3. The summed E-state index contributed by atoms with van der Waals surface area (Å²) in [6, 6.07) is 0. The fraction of sp³-hybridized carbons (Fsp3) is 0.750. The molecule has 102 valence electrons. The van der Waals surface area contributed by atoms with Crippen LogP contribution in [0.4, 0.5) is 0 Å². The Balaban J connectivity index is 2.72. The zero-order valence-corrected chi connectivity index (χ0v) is 11.7. The fourth-order valence-electron chi connectivity index (χ4n) is 1.56. The average molecular weight is 255 g/mol. The van der Waals surface area contributed by atoms with Crippen LogP contribution in [0.5, 0.6) is 0 Å². The molecule has 0 fully saturated rings. The molecule has 6 nitrogen and oxygen atoms in total. The molecule has 1 aromatic rings. The lowest BCUT2D eigenvalue weighted by Gasteiger charge is -2.19. The highest BCUT2D eigenvalue weighted by atomic mass is 16.5. The van der Waals surface area contributed by atoms with Crippen LogP contribution in [0.25, 0.3) is 0 Å². The quantitative estimate of drug-likeness (QED) is 0.745. The largest absolute Gasteiger partial charge is 0.464 e. The Labute approximate surface area is 107 Å². The molecule has 0 radical (unpaired) electrons. The second kappa shape index (κ2) is 5.95. The van der Waals surface area contributed by atoms with Crippen LogP contribution in [0.2, 0.25) is 0 Å². The van der Waals surface area contributed by atoms with Crippen LogP contribution >= 0.6 is 0 Å². The highest BCUT2D eigenvalue weighted by molar-refractivity contribution is 5.88. The Morgan fingerprint density at radius 2 is 2.06 bits per heavy atom. The first-order valence-electron chi connectivity index (χ1n) is 6.03. The zero-order chi connectivity index (χ0) is 13.8. The Kier molecular flexibility index (Phi) is 4.84. The van der Waals surface area contributed by atoms with Gasteiger partial charge in [0.1, 0.15) is 0 Å². The van der Waals surface area contributed by atoms with E-state index in [1.165, 1.54) is 7.11 Å². The van der Waals surface area contributed by atoms with E-state index in [1.807, 2.05) is 27.7 Å². The number of rotatable bonds is 5. The van der Waals surface area contributed by atoms with Gasteiger partial charge in [0, 0.05) is 0 Å². The highest BCUT2D eigenvalue weighted by Crippen LogP contribution is 2.10. The number of esters is 1. The number of hydrogen-bond donors (Lipinski definition) is 0. The molecule has 0 saturated heterocycles. The lowest BCUT2D eigenvalue weighted by molar-refractivity contribution is -0.00832. The van der Waals surface area contributed by atoms with Crippen molar-refractivity contribution in [2.24, 2.45) is 0 Å². The maximum Gasteiger partial charge on any atom is 0.360 e. The van der Waals surface area contributed by atoms with E-state index >= 15 is 0 Å². The van der Waals surface area contributed by atoms with Crippen LogP contribution in [0.1, 0.15) is 43.9 Å². The third kappa shape index (κ3) is 3.80. The standard InChI is InChI=1S/C12H21N3O3/c1-6-9-10(11(16)17-5)13-14-15(9)7-8-18-12(2,3)4/h6-8H2,1-5H3. The van der Waals surface area contributed by atoms with Crippen molar-refractivity contribution < 1.29 is 14.3 Å². The lowest BCUT2D eigenvalue weighted by atomic mass is 10.2. The summed E-state index contributed by atoms with van der Waals surface area (Å²) in [5.41, 5.74) is 0.883. The monoisotopic (exact) mass is 255 g/mol. The minimum atomic E-state index is -0.449. The second-order valence-corrected chi connectivity index (χ2v) is 4.91. The number of ether oxygens (including phenoxy) is 2. The van der Waals surface area contributed by atoms with E-state index < -0.39 is 5.97 Å². The van der Waals surface area contributed by atoms with Gasteiger partial charge in [-0.2, -0.15) is 0 Å². The number of carbonyl (C=O) groups is 1. The van der Waals surface area contributed by atoms with Crippen molar-refractivity contribution >= 4 is 5.97 Å². The summed E-state index contributed by atoms with van der Waals surface area (Å²) in [5.74, 6) is -0.449. The van der Waals surface area contributed by atoms with Crippen LogP contribution in [-0.2, 0) is 22.4 Å². The number of methoxy groups -OCH3 is 1. The van der Waals surface area contributed by atoms with Crippen molar-refractivity contribution in [3.8, 4) is 0 Å². The lowest BCUT2D eigenvalue weighted by Crippen LogP contribution is -2.22. The van der Waals surface area contributed by atoms with Crippen LogP contribution in [0, 0.1) is 0 Å². The normalized spacial score (nSPS) is 11.6.